The quantitative estimate of drug-likeness (QED) is 0.620. The number of ether oxygens (including phenoxy) is 1. The molecule has 9 heteroatoms. The van der Waals surface area contributed by atoms with Crippen LogP contribution < -0.4 is 10.7 Å². The van der Waals surface area contributed by atoms with Gasteiger partial charge >= 0.3 is 0 Å². The summed E-state index contributed by atoms with van der Waals surface area (Å²) in [6.45, 7) is 0.275. The molecule has 1 saturated carbocycles. The number of carbonyl (C=O) groups is 2. The third kappa shape index (κ3) is 5.06. The van der Waals surface area contributed by atoms with Crippen molar-refractivity contribution in [3.05, 3.63) is 62.3 Å². The first-order valence-electron chi connectivity index (χ1n) is 9.66. The van der Waals surface area contributed by atoms with Crippen LogP contribution in [-0.4, -0.2) is 34.6 Å². The van der Waals surface area contributed by atoms with E-state index in [0.29, 0.717) is 6.29 Å². The SMILES string of the molecule is O=Cc1c(O)c(=O)c(C(=O)NCc2ccc(Cl)cc2F)cn1CCOC1CCCC1. The molecule has 0 saturated heterocycles. The number of halogens is 2. The Morgan fingerprint density at radius 1 is 1.37 bits per heavy atom. The molecule has 2 N–H and O–H groups in total. The number of aromatic nitrogens is 1. The van der Waals surface area contributed by atoms with E-state index in [0.717, 1.165) is 31.7 Å². The lowest BCUT2D eigenvalue weighted by Crippen LogP contribution is -2.30. The highest BCUT2D eigenvalue weighted by Gasteiger charge is 2.20. The summed E-state index contributed by atoms with van der Waals surface area (Å²) in [6, 6.07) is 4.02. The van der Waals surface area contributed by atoms with Crippen LogP contribution in [0.2, 0.25) is 5.02 Å². The zero-order chi connectivity index (χ0) is 21.7. The van der Waals surface area contributed by atoms with E-state index < -0.39 is 22.9 Å². The Labute approximate surface area is 177 Å². The first kappa shape index (κ1) is 22.0. The molecule has 1 aliphatic rings. The van der Waals surface area contributed by atoms with Gasteiger partial charge in [0.15, 0.2) is 12.0 Å². The van der Waals surface area contributed by atoms with Crippen molar-refractivity contribution in [2.75, 3.05) is 6.61 Å². The summed E-state index contributed by atoms with van der Waals surface area (Å²) in [5.41, 5.74) is -1.37. The Kier molecular flexibility index (Phi) is 7.23. The number of nitrogens with zero attached hydrogens (tertiary/aromatic N) is 1. The van der Waals surface area contributed by atoms with Gasteiger partial charge in [0, 0.05) is 29.9 Å². The van der Waals surface area contributed by atoms with E-state index in [1.807, 2.05) is 0 Å². The van der Waals surface area contributed by atoms with E-state index in [1.54, 1.807) is 0 Å². The van der Waals surface area contributed by atoms with Crippen LogP contribution in [0.3, 0.4) is 0 Å². The van der Waals surface area contributed by atoms with Gasteiger partial charge in [-0.2, -0.15) is 0 Å². The van der Waals surface area contributed by atoms with Crippen molar-refractivity contribution in [3.63, 3.8) is 0 Å². The normalized spacial score (nSPS) is 14.1. The van der Waals surface area contributed by atoms with Crippen LogP contribution in [0, 0.1) is 5.82 Å². The molecule has 0 aliphatic heterocycles. The molecule has 30 heavy (non-hydrogen) atoms. The Morgan fingerprint density at radius 2 is 2.10 bits per heavy atom. The zero-order valence-corrected chi connectivity index (χ0v) is 17.0. The maximum atomic E-state index is 13.9. The van der Waals surface area contributed by atoms with Crippen LogP contribution in [0.15, 0.2) is 29.2 Å². The molecule has 1 aromatic heterocycles. The van der Waals surface area contributed by atoms with Crippen molar-refractivity contribution >= 4 is 23.8 Å². The maximum absolute atomic E-state index is 13.9. The molecular formula is C21H22ClFN2O5. The minimum Gasteiger partial charge on any atom is -0.503 e. The molecule has 1 aliphatic carbocycles. The van der Waals surface area contributed by atoms with E-state index in [1.165, 1.54) is 22.9 Å². The number of aldehydes is 1. The summed E-state index contributed by atoms with van der Waals surface area (Å²) in [4.78, 5) is 36.2. The van der Waals surface area contributed by atoms with Gasteiger partial charge in [-0.25, -0.2) is 4.39 Å². The number of amides is 1. The zero-order valence-electron chi connectivity index (χ0n) is 16.2. The van der Waals surface area contributed by atoms with E-state index in [4.69, 9.17) is 16.3 Å². The van der Waals surface area contributed by atoms with Crippen molar-refractivity contribution in [1.82, 2.24) is 9.88 Å². The molecule has 0 spiro atoms. The van der Waals surface area contributed by atoms with Gasteiger partial charge in [0.05, 0.1) is 12.7 Å². The molecule has 1 amide bonds. The Bertz CT molecular complexity index is 1000. The average Bonchev–Trinajstić information content (AvgIpc) is 3.23. The van der Waals surface area contributed by atoms with E-state index >= 15 is 0 Å². The van der Waals surface area contributed by atoms with Crippen molar-refractivity contribution in [2.45, 2.75) is 44.9 Å². The second-order valence-electron chi connectivity index (χ2n) is 7.11. The Morgan fingerprint density at radius 3 is 2.77 bits per heavy atom. The number of aromatic hydroxyl groups is 1. The van der Waals surface area contributed by atoms with Crippen molar-refractivity contribution in [3.8, 4) is 5.75 Å². The molecule has 1 fully saturated rings. The highest BCUT2D eigenvalue weighted by atomic mass is 35.5. The summed E-state index contributed by atoms with van der Waals surface area (Å²) in [5.74, 6) is -2.20. The molecule has 7 nitrogen and oxygen atoms in total. The summed E-state index contributed by atoms with van der Waals surface area (Å²) >= 11 is 5.70. The highest BCUT2D eigenvalue weighted by molar-refractivity contribution is 6.30. The van der Waals surface area contributed by atoms with Crippen molar-refractivity contribution in [2.24, 2.45) is 0 Å². The van der Waals surface area contributed by atoms with E-state index in [-0.39, 0.29) is 47.6 Å². The molecular weight excluding hydrogens is 415 g/mol. The van der Waals surface area contributed by atoms with E-state index in [2.05, 4.69) is 5.32 Å². The monoisotopic (exact) mass is 436 g/mol. The van der Waals surface area contributed by atoms with Crippen LogP contribution in [-0.2, 0) is 17.8 Å². The lowest BCUT2D eigenvalue weighted by Gasteiger charge is -2.16. The van der Waals surface area contributed by atoms with Gasteiger partial charge in [0.25, 0.3) is 5.91 Å². The van der Waals surface area contributed by atoms with Crippen LogP contribution >= 0.6 is 11.6 Å². The molecule has 3 rings (SSSR count). The topological polar surface area (TPSA) is 97.6 Å². The van der Waals surface area contributed by atoms with Crippen LogP contribution in [0.25, 0.3) is 0 Å². The van der Waals surface area contributed by atoms with Gasteiger partial charge in [-0.15, -0.1) is 0 Å². The fraction of sp³-hybridized carbons (Fsp3) is 0.381. The predicted octanol–water partition coefficient (Wildman–Crippen LogP) is 3.05. The second kappa shape index (κ2) is 9.86. The Hall–Kier alpha value is -2.71. The smallest absolute Gasteiger partial charge is 0.257 e. The largest absolute Gasteiger partial charge is 0.503 e. The lowest BCUT2D eigenvalue weighted by atomic mass is 10.1. The van der Waals surface area contributed by atoms with Gasteiger partial charge in [0.1, 0.15) is 17.1 Å². The van der Waals surface area contributed by atoms with Gasteiger partial charge in [0.2, 0.25) is 5.43 Å². The maximum Gasteiger partial charge on any atom is 0.257 e. The van der Waals surface area contributed by atoms with Crippen LogP contribution in [0.1, 0.15) is 52.1 Å². The third-order valence-electron chi connectivity index (χ3n) is 5.10. The minimum absolute atomic E-state index is 0.162. The summed E-state index contributed by atoms with van der Waals surface area (Å²) < 4.78 is 21.0. The molecule has 0 radical (unpaired) electrons. The Balaban J connectivity index is 1.75. The second-order valence-corrected chi connectivity index (χ2v) is 7.55. The number of hydrogen-bond acceptors (Lipinski definition) is 5. The summed E-state index contributed by atoms with van der Waals surface area (Å²) in [5, 5.41) is 12.8. The first-order chi connectivity index (χ1) is 14.4. The van der Waals surface area contributed by atoms with E-state index in [9.17, 15) is 23.9 Å². The van der Waals surface area contributed by atoms with Crippen LogP contribution in [0.4, 0.5) is 4.39 Å². The molecule has 1 heterocycles. The molecule has 1 aromatic carbocycles. The molecule has 0 bridgehead atoms. The highest BCUT2D eigenvalue weighted by Crippen LogP contribution is 2.21. The van der Waals surface area contributed by atoms with Crippen LogP contribution in [0.5, 0.6) is 5.75 Å². The number of carbonyl (C=O) groups excluding carboxylic acids is 2. The predicted molar refractivity (Wildman–Crippen MR) is 109 cm³/mol. The van der Waals surface area contributed by atoms with Gasteiger partial charge in [-0.3, -0.25) is 14.4 Å². The number of nitrogens with one attached hydrogen (secondary N) is 1. The molecule has 2 aromatic rings. The lowest BCUT2D eigenvalue weighted by molar-refractivity contribution is 0.0524. The minimum atomic E-state index is -0.973. The number of hydrogen-bond donors (Lipinski definition) is 2. The van der Waals surface area contributed by atoms with Gasteiger partial charge < -0.3 is 19.7 Å². The summed E-state index contributed by atoms with van der Waals surface area (Å²) in [6.07, 6.45) is 5.91. The first-order valence-corrected chi connectivity index (χ1v) is 10.0. The number of benzene rings is 1. The van der Waals surface area contributed by atoms with Crippen molar-refractivity contribution in [1.29, 1.82) is 0 Å². The van der Waals surface area contributed by atoms with Crippen molar-refractivity contribution < 1.29 is 23.8 Å². The molecule has 0 atom stereocenters. The fourth-order valence-electron chi connectivity index (χ4n) is 3.44. The average molecular weight is 437 g/mol. The molecule has 160 valence electrons. The van der Waals surface area contributed by atoms with Gasteiger partial charge in [-0.05, 0) is 25.0 Å². The summed E-state index contributed by atoms with van der Waals surface area (Å²) in [7, 11) is 0. The number of pyridine rings is 1. The fourth-order valence-corrected chi connectivity index (χ4v) is 3.60. The molecule has 0 unspecified atom stereocenters. The number of rotatable bonds is 8. The standard InChI is InChI=1S/C21H22ClFN2O5/c22-14-6-5-13(17(23)9-14)10-24-21(29)16-11-25(18(12-26)20(28)19(16)27)7-8-30-15-3-1-2-4-15/h5-6,9,11-12,15,28H,1-4,7-8,10H2,(H,24,29). The third-order valence-corrected chi connectivity index (χ3v) is 5.33. The van der Waals surface area contributed by atoms with Gasteiger partial charge in [-0.1, -0.05) is 30.5 Å².